The van der Waals surface area contributed by atoms with Gasteiger partial charge in [-0.1, -0.05) is 12.1 Å². The number of nitrogens with zero attached hydrogens (tertiary/aromatic N) is 1. The molecule has 0 atom stereocenters. The van der Waals surface area contributed by atoms with E-state index in [-0.39, 0.29) is 12.2 Å². The zero-order valence-corrected chi connectivity index (χ0v) is 9.71. The van der Waals surface area contributed by atoms with Crippen LogP contribution in [-0.2, 0) is 9.53 Å². The summed E-state index contributed by atoms with van der Waals surface area (Å²) in [6.45, 7) is 2.00. The average molecular weight is 245 g/mol. The second-order valence-corrected chi connectivity index (χ2v) is 3.32. The molecule has 0 unspecified atom stereocenters. The van der Waals surface area contributed by atoms with Gasteiger partial charge in [0, 0.05) is 0 Å². The van der Waals surface area contributed by atoms with E-state index in [9.17, 15) is 9.59 Å². The van der Waals surface area contributed by atoms with Crippen molar-refractivity contribution >= 4 is 18.0 Å². The van der Waals surface area contributed by atoms with E-state index in [0.29, 0.717) is 11.1 Å². The highest BCUT2D eigenvalue weighted by Crippen LogP contribution is 2.10. The van der Waals surface area contributed by atoms with Gasteiger partial charge in [-0.15, -0.1) is 0 Å². The highest BCUT2D eigenvalue weighted by molar-refractivity contribution is 5.96. The molecule has 18 heavy (non-hydrogen) atoms. The lowest BCUT2D eigenvalue weighted by Gasteiger charge is -2.01. The second kappa shape index (κ2) is 6.21. The maximum Gasteiger partial charge on any atom is 0.346 e. The van der Waals surface area contributed by atoms with E-state index in [1.54, 1.807) is 25.1 Å². The van der Waals surface area contributed by atoms with Crippen LogP contribution in [0.4, 0.5) is 0 Å². The first-order chi connectivity index (χ1) is 8.58. The van der Waals surface area contributed by atoms with Crippen molar-refractivity contribution in [1.29, 1.82) is 5.26 Å². The van der Waals surface area contributed by atoms with Crippen molar-refractivity contribution in [1.82, 2.24) is 0 Å². The molecule has 0 heterocycles. The molecule has 0 aromatic heterocycles. The third-order valence-corrected chi connectivity index (χ3v) is 2.08. The maximum atomic E-state index is 11.4. The third-order valence-electron chi connectivity index (χ3n) is 2.08. The van der Waals surface area contributed by atoms with Gasteiger partial charge in [0.25, 0.3) is 0 Å². The van der Waals surface area contributed by atoms with Gasteiger partial charge in [-0.05, 0) is 30.7 Å². The molecule has 5 nitrogen and oxygen atoms in total. The maximum absolute atomic E-state index is 11.4. The minimum Gasteiger partial charge on any atom is -0.477 e. The molecule has 1 aromatic rings. The van der Waals surface area contributed by atoms with E-state index < -0.39 is 11.9 Å². The largest absolute Gasteiger partial charge is 0.477 e. The summed E-state index contributed by atoms with van der Waals surface area (Å²) in [4.78, 5) is 22.0. The van der Waals surface area contributed by atoms with Crippen LogP contribution in [0.25, 0.3) is 6.08 Å². The predicted octanol–water partition coefficient (Wildman–Crippen LogP) is 1.85. The summed E-state index contributed by atoms with van der Waals surface area (Å²) in [6, 6.07) is 7.70. The molecule has 92 valence electrons. The highest BCUT2D eigenvalue weighted by Gasteiger charge is 2.07. The van der Waals surface area contributed by atoms with E-state index in [1.807, 2.05) is 0 Å². The number of carbonyl (C=O) groups excluding carboxylic acids is 1. The Kier molecular flexibility index (Phi) is 4.64. The molecule has 0 aliphatic carbocycles. The number of nitriles is 1. The van der Waals surface area contributed by atoms with Gasteiger partial charge in [-0.2, -0.15) is 5.26 Å². The van der Waals surface area contributed by atoms with Gasteiger partial charge in [-0.3, -0.25) is 0 Å². The number of aliphatic carboxylic acids is 1. The SMILES string of the molecule is CCOC(=O)c1ccc(/C=C(\C#N)C(=O)O)cc1. The Bertz CT molecular complexity index is 523. The number of hydrogen-bond donors (Lipinski definition) is 1. The number of carboxylic acid groups (broad SMARTS) is 1. The Balaban J connectivity index is 2.93. The van der Waals surface area contributed by atoms with Crippen LogP contribution in [-0.4, -0.2) is 23.7 Å². The van der Waals surface area contributed by atoms with Crippen molar-refractivity contribution in [3.63, 3.8) is 0 Å². The number of ether oxygens (including phenoxy) is 1. The number of hydrogen-bond acceptors (Lipinski definition) is 4. The second-order valence-electron chi connectivity index (χ2n) is 3.32. The van der Waals surface area contributed by atoms with Crippen molar-refractivity contribution in [3.8, 4) is 6.07 Å². The quantitative estimate of drug-likeness (QED) is 0.497. The smallest absolute Gasteiger partial charge is 0.346 e. The molecule has 0 bridgehead atoms. The molecule has 0 saturated carbocycles. The first kappa shape index (κ1) is 13.5. The first-order valence-corrected chi connectivity index (χ1v) is 5.20. The van der Waals surface area contributed by atoms with Crippen molar-refractivity contribution in [2.75, 3.05) is 6.61 Å². The Morgan fingerprint density at radius 3 is 2.44 bits per heavy atom. The van der Waals surface area contributed by atoms with Crippen LogP contribution < -0.4 is 0 Å². The molecule has 0 saturated heterocycles. The van der Waals surface area contributed by atoms with Gasteiger partial charge in [0.15, 0.2) is 0 Å². The number of rotatable bonds is 4. The molecule has 5 heteroatoms. The molecule has 0 aliphatic heterocycles. The molecule has 1 aromatic carbocycles. The molecule has 0 radical (unpaired) electrons. The standard InChI is InChI=1S/C13H11NO4/c1-2-18-13(17)10-5-3-9(4-6-10)7-11(8-14)12(15)16/h3-7H,2H2,1H3,(H,15,16)/b11-7+. The molecule has 0 amide bonds. The van der Waals surface area contributed by atoms with Gasteiger partial charge in [0.2, 0.25) is 0 Å². The highest BCUT2D eigenvalue weighted by atomic mass is 16.5. The lowest BCUT2D eigenvalue weighted by Crippen LogP contribution is -2.04. The summed E-state index contributed by atoms with van der Waals surface area (Å²) in [5.41, 5.74) is 0.545. The molecular formula is C13H11NO4. The van der Waals surface area contributed by atoms with Crippen LogP contribution in [0, 0.1) is 11.3 Å². The third kappa shape index (κ3) is 3.46. The van der Waals surface area contributed by atoms with Gasteiger partial charge in [-0.25, -0.2) is 9.59 Å². The first-order valence-electron chi connectivity index (χ1n) is 5.20. The van der Waals surface area contributed by atoms with Gasteiger partial charge < -0.3 is 9.84 Å². The Labute approximate surface area is 104 Å². The fraction of sp³-hybridized carbons (Fsp3) is 0.154. The van der Waals surface area contributed by atoms with Crippen molar-refractivity contribution in [2.24, 2.45) is 0 Å². The van der Waals surface area contributed by atoms with Gasteiger partial charge in [0.05, 0.1) is 12.2 Å². The molecule has 1 rings (SSSR count). The number of carboxylic acids is 1. The minimum absolute atomic E-state index is 0.290. The summed E-state index contributed by atoms with van der Waals surface area (Å²) in [6.07, 6.45) is 1.23. The fourth-order valence-corrected chi connectivity index (χ4v) is 1.24. The lowest BCUT2D eigenvalue weighted by atomic mass is 10.1. The summed E-state index contributed by atoms with van der Waals surface area (Å²) < 4.78 is 4.81. The van der Waals surface area contributed by atoms with Crippen LogP contribution in [0.3, 0.4) is 0 Å². The monoisotopic (exact) mass is 245 g/mol. The number of benzene rings is 1. The van der Waals surface area contributed by atoms with E-state index >= 15 is 0 Å². The van der Waals surface area contributed by atoms with E-state index in [1.165, 1.54) is 18.2 Å². The lowest BCUT2D eigenvalue weighted by molar-refractivity contribution is -0.132. The van der Waals surface area contributed by atoms with Crippen LogP contribution >= 0.6 is 0 Å². The Morgan fingerprint density at radius 2 is 2.00 bits per heavy atom. The molecule has 1 N–H and O–H groups in total. The summed E-state index contributed by atoms with van der Waals surface area (Å²) in [5.74, 6) is -1.72. The van der Waals surface area contributed by atoms with Crippen LogP contribution in [0.15, 0.2) is 29.8 Å². The van der Waals surface area contributed by atoms with Crippen molar-refractivity contribution in [3.05, 3.63) is 41.0 Å². The van der Waals surface area contributed by atoms with Crippen molar-refractivity contribution in [2.45, 2.75) is 6.92 Å². The van der Waals surface area contributed by atoms with Gasteiger partial charge in [0.1, 0.15) is 11.6 Å². The number of carbonyl (C=O) groups is 2. The zero-order chi connectivity index (χ0) is 13.5. The molecule has 0 spiro atoms. The molecule has 0 fully saturated rings. The van der Waals surface area contributed by atoms with Crippen molar-refractivity contribution < 1.29 is 19.4 Å². The predicted molar refractivity (Wildman–Crippen MR) is 63.6 cm³/mol. The van der Waals surface area contributed by atoms with E-state index in [4.69, 9.17) is 15.1 Å². The minimum atomic E-state index is -1.29. The summed E-state index contributed by atoms with van der Waals surface area (Å²) >= 11 is 0. The fourth-order valence-electron chi connectivity index (χ4n) is 1.24. The molecule has 0 aliphatic rings. The molecular weight excluding hydrogens is 234 g/mol. The van der Waals surface area contributed by atoms with Crippen LogP contribution in [0.2, 0.25) is 0 Å². The average Bonchev–Trinajstić information content (AvgIpc) is 2.36. The summed E-state index contributed by atoms with van der Waals surface area (Å²) in [5, 5.41) is 17.3. The Morgan fingerprint density at radius 1 is 1.39 bits per heavy atom. The topological polar surface area (TPSA) is 87.4 Å². The van der Waals surface area contributed by atoms with Crippen LogP contribution in [0.5, 0.6) is 0 Å². The summed E-state index contributed by atoms with van der Waals surface area (Å²) in [7, 11) is 0. The Hall–Kier alpha value is -2.61. The number of esters is 1. The normalized spacial score (nSPS) is 10.6. The van der Waals surface area contributed by atoms with Gasteiger partial charge >= 0.3 is 11.9 Å². The van der Waals surface area contributed by atoms with E-state index in [0.717, 1.165) is 0 Å². The van der Waals surface area contributed by atoms with E-state index in [2.05, 4.69) is 0 Å². The van der Waals surface area contributed by atoms with Crippen LogP contribution in [0.1, 0.15) is 22.8 Å². The zero-order valence-electron chi connectivity index (χ0n) is 9.71.